The number of phosphoric acid groups is 1. The normalized spacial score (nSPS) is 9.31. The maximum Gasteiger partial charge on any atom is 0.169 e. The van der Waals surface area contributed by atoms with E-state index >= 15 is 0 Å². The van der Waals surface area contributed by atoms with E-state index in [1.54, 1.807) is 0 Å². The molecule has 140 valence electrons. The van der Waals surface area contributed by atoms with Gasteiger partial charge >= 0.3 is 0 Å². The molecule has 0 spiro atoms. The van der Waals surface area contributed by atoms with Crippen LogP contribution in [-0.2, 0) is 4.57 Å². The lowest BCUT2D eigenvalue weighted by atomic mass is 10.3. The molecule has 0 fully saturated rings. The van der Waals surface area contributed by atoms with Gasteiger partial charge in [-0.05, 0) is 39.0 Å². The number of aromatic nitrogens is 3. The maximum atomic E-state index is 8.55. The van der Waals surface area contributed by atoms with Gasteiger partial charge in [0.05, 0.1) is 0 Å². The predicted molar refractivity (Wildman–Crippen MR) is 90.8 cm³/mol. The fraction of sp³-hybridized carbons (Fsp3) is 0.167. The Morgan fingerprint density at radius 2 is 0.885 bits per heavy atom. The molecule has 0 saturated carbocycles. The molecule has 0 amide bonds. The van der Waals surface area contributed by atoms with Crippen molar-refractivity contribution in [3.05, 3.63) is 90.3 Å². The van der Waals surface area contributed by atoms with E-state index in [9.17, 15) is 0 Å². The van der Waals surface area contributed by atoms with Crippen LogP contribution in [0.1, 0.15) is 16.7 Å². The molecule has 7 nitrogen and oxygen atoms in total. The Morgan fingerprint density at radius 3 is 0.962 bits per heavy atom. The molecule has 0 radical (unpaired) electrons. The van der Waals surface area contributed by atoms with Crippen LogP contribution in [0.2, 0.25) is 0 Å². The van der Waals surface area contributed by atoms with Crippen molar-refractivity contribution >= 4 is 7.82 Å². The molecule has 3 rings (SSSR count). The van der Waals surface area contributed by atoms with Crippen LogP contribution in [0.5, 0.6) is 0 Å². The van der Waals surface area contributed by atoms with Gasteiger partial charge in [0.15, 0.2) is 37.2 Å². The molecule has 0 aliphatic heterocycles. The molecular formula is C18H24N3O4P. The zero-order valence-electron chi connectivity index (χ0n) is 15.0. The van der Waals surface area contributed by atoms with Gasteiger partial charge in [0.25, 0.3) is 0 Å². The summed E-state index contributed by atoms with van der Waals surface area (Å²) >= 11 is 0. The SMILES string of the molecule is Cc1ccc[nH+]c1.Cc1ccc[nH+]c1.Cc1ccc[nH+]c1.O=P([O-])([O-])[O-]. The van der Waals surface area contributed by atoms with Gasteiger partial charge in [-0.25, -0.2) is 15.0 Å². The molecule has 3 aromatic rings. The van der Waals surface area contributed by atoms with E-state index in [1.165, 1.54) is 16.7 Å². The van der Waals surface area contributed by atoms with Crippen LogP contribution in [-0.4, -0.2) is 0 Å². The maximum absolute atomic E-state index is 8.55. The lowest BCUT2D eigenvalue weighted by Gasteiger charge is -2.36. The lowest BCUT2D eigenvalue weighted by molar-refractivity contribution is -0.432. The molecule has 0 saturated heterocycles. The van der Waals surface area contributed by atoms with Crippen molar-refractivity contribution in [2.45, 2.75) is 20.8 Å². The minimum absolute atomic E-state index is 1.27. The lowest BCUT2D eigenvalue weighted by Crippen LogP contribution is -2.24. The molecule has 3 heterocycles. The molecule has 0 atom stereocenters. The smallest absolute Gasteiger partial charge is 0.169 e. The quantitative estimate of drug-likeness (QED) is 0.494. The second-order valence-corrected chi connectivity index (χ2v) is 6.08. The monoisotopic (exact) mass is 377 g/mol. The van der Waals surface area contributed by atoms with Gasteiger partial charge in [-0.1, -0.05) is 0 Å². The van der Waals surface area contributed by atoms with Crippen LogP contribution in [0.15, 0.2) is 73.6 Å². The van der Waals surface area contributed by atoms with Crippen LogP contribution in [0, 0.1) is 20.8 Å². The van der Waals surface area contributed by atoms with E-state index in [2.05, 4.69) is 53.9 Å². The molecule has 0 bridgehead atoms. The molecule has 0 unspecified atom stereocenters. The zero-order valence-corrected chi connectivity index (χ0v) is 15.9. The molecular weight excluding hydrogens is 353 g/mol. The summed E-state index contributed by atoms with van der Waals surface area (Å²) in [6, 6.07) is 12.1. The standard InChI is InChI=1S/3C6H7N.H3O4P/c3*1-6-3-2-4-7-5-6;1-5(2,3)4/h3*2-5H,1H3;(H3,1,2,3,4). The number of H-pyrrole nitrogens is 3. The highest BCUT2D eigenvalue weighted by molar-refractivity contribution is 7.40. The first-order valence-corrected chi connectivity index (χ1v) is 9.15. The highest BCUT2D eigenvalue weighted by atomic mass is 31.2. The molecule has 3 N–H and O–H groups in total. The number of hydrogen-bond donors (Lipinski definition) is 0. The summed E-state index contributed by atoms with van der Waals surface area (Å²) in [5, 5.41) is 0. The van der Waals surface area contributed by atoms with Crippen molar-refractivity contribution in [1.82, 2.24) is 0 Å². The fourth-order valence-electron chi connectivity index (χ4n) is 1.45. The number of aromatic amines is 3. The number of nitrogens with one attached hydrogen (secondary N) is 3. The van der Waals surface area contributed by atoms with Crippen molar-refractivity contribution in [2.24, 2.45) is 0 Å². The second-order valence-electron chi connectivity index (χ2n) is 5.19. The minimum Gasteiger partial charge on any atom is -0.822 e. The van der Waals surface area contributed by atoms with Crippen molar-refractivity contribution in [3.8, 4) is 0 Å². The molecule has 0 aromatic carbocycles. The van der Waals surface area contributed by atoms with Crippen LogP contribution >= 0.6 is 7.82 Å². The van der Waals surface area contributed by atoms with E-state index in [1.807, 2.05) is 55.4 Å². The number of pyridine rings is 3. The zero-order chi connectivity index (χ0) is 19.8. The van der Waals surface area contributed by atoms with E-state index < -0.39 is 7.82 Å². The van der Waals surface area contributed by atoms with Crippen molar-refractivity contribution in [1.29, 1.82) is 0 Å². The fourth-order valence-corrected chi connectivity index (χ4v) is 1.45. The van der Waals surface area contributed by atoms with Gasteiger partial charge in [0.2, 0.25) is 0 Å². The third kappa shape index (κ3) is 19.6. The summed E-state index contributed by atoms with van der Waals surface area (Å²) in [7, 11) is -5.39. The summed E-state index contributed by atoms with van der Waals surface area (Å²) in [5.41, 5.74) is 3.80. The van der Waals surface area contributed by atoms with Crippen molar-refractivity contribution < 1.29 is 34.2 Å². The topological polar surface area (TPSA) is 129 Å². The summed E-state index contributed by atoms with van der Waals surface area (Å²) in [6.07, 6.45) is 11.6. The summed E-state index contributed by atoms with van der Waals surface area (Å²) in [5.74, 6) is 0. The minimum atomic E-state index is -5.39. The van der Waals surface area contributed by atoms with Crippen LogP contribution in [0.3, 0.4) is 0 Å². The molecule has 8 heteroatoms. The van der Waals surface area contributed by atoms with Crippen LogP contribution in [0.4, 0.5) is 0 Å². The molecule has 0 aliphatic rings. The summed E-state index contributed by atoms with van der Waals surface area (Å²) in [6.45, 7) is 6.16. The number of aryl methyl sites for hydroxylation is 3. The van der Waals surface area contributed by atoms with Gasteiger partial charge < -0.3 is 19.2 Å². The average molecular weight is 377 g/mol. The van der Waals surface area contributed by atoms with E-state index in [4.69, 9.17) is 19.2 Å². The molecule has 26 heavy (non-hydrogen) atoms. The number of hydrogen-bond acceptors (Lipinski definition) is 4. The Kier molecular flexibility index (Phi) is 12.5. The average Bonchev–Trinajstić information content (AvgIpc) is 2.57. The Labute approximate surface area is 153 Å². The largest absolute Gasteiger partial charge is 0.822 e. The predicted octanol–water partition coefficient (Wildman–Crippen LogP) is -0.397. The third-order valence-corrected chi connectivity index (χ3v) is 2.59. The summed E-state index contributed by atoms with van der Waals surface area (Å²) < 4.78 is 8.55. The first-order chi connectivity index (χ1) is 12.2. The van der Waals surface area contributed by atoms with Gasteiger partial charge in [-0.2, -0.15) is 7.82 Å². The van der Waals surface area contributed by atoms with E-state index in [-0.39, 0.29) is 0 Å². The Hall–Kier alpha value is -2.44. The molecule has 0 aliphatic carbocycles. The Balaban J connectivity index is 0.000000324. The Morgan fingerprint density at radius 1 is 0.654 bits per heavy atom. The van der Waals surface area contributed by atoms with E-state index in [0.717, 1.165) is 0 Å². The van der Waals surface area contributed by atoms with Gasteiger partial charge in [-0.3, -0.25) is 0 Å². The van der Waals surface area contributed by atoms with Crippen LogP contribution in [0.25, 0.3) is 0 Å². The second kappa shape index (κ2) is 13.8. The highest BCUT2D eigenvalue weighted by Crippen LogP contribution is 2.03. The molecule has 3 aromatic heterocycles. The number of rotatable bonds is 0. The first-order valence-electron chi connectivity index (χ1n) is 7.69. The third-order valence-electron chi connectivity index (χ3n) is 2.59. The Bertz CT molecular complexity index is 641. The van der Waals surface area contributed by atoms with Gasteiger partial charge in [-0.15, -0.1) is 0 Å². The summed E-state index contributed by atoms with van der Waals surface area (Å²) in [4.78, 5) is 34.5. The van der Waals surface area contributed by atoms with Crippen molar-refractivity contribution in [2.75, 3.05) is 0 Å². The van der Waals surface area contributed by atoms with Gasteiger partial charge in [0, 0.05) is 34.9 Å². The van der Waals surface area contributed by atoms with Crippen LogP contribution < -0.4 is 29.6 Å². The first kappa shape index (κ1) is 23.6. The highest BCUT2D eigenvalue weighted by Gasteiger charge is 1.80. The van der Waals surface area contributed by atoms with E-state index in [0.29, 0.717) is 0 Å². The van der Waals surface area contributed by atoms with Gasteiger partial charge in [0.1, 0.15) is 0 Å². The van der Waals surface area contributed by atoms with Crippen molar-refractivity contribution in [3.63, 3.8) is 0 Å².